The van der Waals surface area contributed by atoms with Crippen molar-refractivity contribution in [2.45, 2.75) is 0 Å². The summed E-state index contributed by atoms with van der Waals surface area (Å²) in [5.74, 6) is -1.35. The quantitative estimate of drug-likeness (QED) is 0.206. The minimum Gasteiger partial charge on any atom is -0.478 e. The van der Waals surface area contributed by atoms with Crippen LogP contribution in [0.4, 0.5) is 11.4 Å². The molecule has 0 saturated carbocycles. The molecule has 3 N–H and O–H groups in total. The molecule has 0 bridgehead atoms. The van der Waals surface area contributed by atoms with Crippen molar-refractivity contribution < 1.29 is 14.8 Å². The summed E-state index contributed by atoms with van der Waals surface area (Å²) in [5.41, 5.74) is 4.88. The number of aromatic carboxylic acids is 1. The second-order valence-corrected chi connectivity index (χ2v) is 4.55. The largest absolute Gasteiger partial charge is 0.478 e. The van der Waals surface area contributed by atoms with E-state index in [9.17, 15) is 14.9 Å². The van der Waals surface area contributed by atoms with Crippen LogP contribution in [0.25, 0.3) is 0 Å². The van der Waals surface area contributed by atoms with Crippen molar-refractivity contribution in [1.29, 1.82) is 0 Å². The molecule has 0 radical (unpaired) electrons. The van der Waals surface area contributed by atoms with E-state index in [0.717, 1.165) is 6.07 Å². The molecular weight excluding hydrogens is 376 g/mol. The second kappa shape index (κ2) is 5.96. The highest BCUT2D eigenvalue weighted by Crippen LogP contribution is 2.31. The van der Waals surface area contributed by atoms with Gasteiger partial charge in [0.15, 0.2) is 0 Å². The molecule has 0 heterocycles. The summed E-state index contributed by atoms with van der Waals surface area (Å²) in [5, 5.41) is 19.7. The number of rotatable bonds is 4. The van der Waals surface area contributed by atoms with Crippen LogP contribution < -0.4 is 5.73 Å². The third-order valence-electron chi connectivity index (χ3n) is 1.88. The molecule has 18 heavy (non-hydrogen) atoms. The van der Waals surface area contributed by atoms with Crippen molar-refractivity contribution in [1.82, 2.24) is 0 Å². The van der Waals surface area contributed by atoms with Gasteiger partial charge in [-0.15, -0.1) is 11.6 Å². The molecule has 0 unspecified atom stereocenters. The molecule has 0 aliphatic heterocycles. The highest BCUT2D eigenvalue weighted by Gasteiger charge is 2.19. The summed E-state index contributed by atoms with van der Waals surface area (Å²) >= 11 is 7.21. The lowest BCUT2D eigenvalue weighted by Gasteiger charge is -2.05. The summed E-state index contributed by atoms with van der Waals surface area (Å²) in [6.45, 7) is 0. The van der Waals surface area contributed by atoms with Gasteiger partial charge >= 0.3 is 5.97 Å². The number of carboxylic acid groups (broad SMARTS) is 1. The molecule has 1 aromatic carbocycles. The number of nitrogens with zero attached hydrogens (tertiary/aromatic N) is 2. The predicted octanol–water partition coefficient (Wildman–Crippen LogP) is 2.13. The molecule has 0 saturated heterocycles. The maximum Gasteiger partial charge on any atom is 0.338 e. The number of halogens is 2. The molecule has 0 aromatic heterocycles. The fraction of sp³-hybridized carbons (Fsp3) is 0.111. The molecule has 0 aliphatic carbocycles. The molecule has 0 fully saturated rings. The van der Waals surface area contributed by atoms with Gasteiger partial charge in [-0.3, -0.25) is 10.1 Å². The van der Waals surface area contributed by atoms with Crippen molar-refractivity contribution in [2.75, 3.05) is 5.88 Å². The van der Waals surface area contributed by atoms with Gasteiger partial charge in [0.25, 0.3) is 5.69 Å². The van der Waals surface area contributed by atoms with E-state index in [-0.39, 0.29) is 28.7 Å². The van der Waals surface area contributed by atoms with Crippen molar-refractivity contribution in [3.05, 3.63) is 31.4 Å². The van der Waals surface area contributed by atoms with Crippen LogP contribution in [0.3, 0.4) is 0 Å². The van der Waals surface area contributed by atoms with Gasteiger partial charge in [0.1, 0.15) is 5.84 Å². The van der Waals surface area contributed by atoms with Gasteiger partial charge in [-0.2, -0.15) is 0 Å². The van der Waals surface area contributed by atoms with Crippen molar-refractivity contribution in [3.8, 4) is 0 Å². The molecule has 0 spiro atoms. The van der Waals surface area contributed by atoms with Crippen LogP contribution in [0.1, 0.15) is 10.4 Å². The number of non-ortho nitro benzene ring substituents is 1. The Balaban J connectivity index is 3.51. The maximum absolute atomic E-state index is 11.0. The summed E-state index contributed by atoms with van der Waals surface area (Å²) in [7, 11) is 0. The fourth-order valence-corrected chi connectivity index (χ4v) is 1.93. The normalized spacial score (nSPS) is 11.3. The van der Waals surface area contributed by atoms with Crippen LogP contribution in [0.15, 0.2) is 17.1 Å². The average Bonchev–Trinajstić information content (AvgIpc) is 2.30. The topological polar surface area (TPSA) is 119 Å². The van der Waals surface area contributed by atoms with E-state index >= 15 is 0 Å². The molecule has 1 aromatic rings. The highest BCUT2D eigenvalue weighted by atomic mass is 127. The minimum absolute atomic E-state index is 0.0333. The first-order valence-corrected chi connectivity index (χ1v) is 6.08. The smallest absolute Gasteiger partial charge is 0.338 e. The number of nitro benzene ring substituents is 1. The van der Waals surface area contributed by atoms with Gasteiger partial charge in [0.2, 0.25) is 0 Å². The third kappa shape index (κ3) is 3.29. The van der Waals surface area contributed by atoms with E-state index in [1.807, 2.05) is 0 Å². The summed E-state index contributed by atoms with van der Waals surface area (Å²) in [6, 6.07) is 2.15. The van der Waals surface area contributed by atoms with E-state index in [4.69, 9.17) is 22.4 Å². The Morgan fingerprint density at radius 2 is 2.22 bits per heavy atom. The van der Waals surface area contributed by atoms with Crippen LogP contribution in [0.5, 0.6) is 0 Å². The number of carbonyl (C=O) groups is 1. The van der Waals surface area contributed by atoms with E-state index < -0.39 is 10.9 Å². The number of hydrogen-bond acceptors (Lipinski definition) is 4. The molecular formula is C9H7ClIN3O4. The SMILES string of the molecule is NC(CCl)=Nc1c(I)cc([N+](=O)[O-])cc1C(=O)O. The molecule has 1 rings (SSSR count). The first kappa shape index (κ1) is 14.6. The Bertz CT molecular complexity index is 547. The lowest BCUT2D eigenvalue weighted by Crippen LogP contribution is -2.13. The Hall–Kier alpha value is -1.42. The Morgan fingerprint density at radius 1 is 1.61 bits per heavy atom. The van der Waals surface area contributed by atoms with Crippen molar-refractivity contribution in [2.24, 2.45) is 10.7 Å². The first-order chi connectivity index (χ1) is 8.36. The molecule has 0 aliphatic rings. The van der Waals surface area contributed by atoms with Gasteiger partial charge in [-0.25, -0.2) is 9.79 Å². The standard InChI is InChI=1S/C9H7ClIN3O4/c10-3-7(12)13-8-5(9(15)16)1-4(14(17)18)2-6(8)11/h1-2H,3H2,(H2,12,13)(H,15,16). The Labute approximate surface area is 120 Å². The number of nitrogens with two attached hydrogens (primary N) is 1. The van der Waals surface area contributed by atoms with Crippen LogP contribution in [-0.4, -0.2) is 27.7 Å². The van der Waals surface area contributed by atoms with Gasteiger partial charge in [-0.1, -0.05) is 0 Å². The Kier molecular flexibility index (Phi) is 4.84. The number of aliphatic imine (C=N–C) groups is 1. The van der Waals surface area contributed by atoms with E-state index in [0.29, 0.717) is 3.57 Å². The van der Waals surface area contributed by atoms with Gasteiger partial charge in [0, 0.05) is 15.7 Å². The van der Waals surface area contributed by atoms with Crippen molar-refractivity contribution in [3.63, 3.8) is 0 Å². The zero-order valence-corrected chi connectivity index (χ0v) is 11.7. The number of amidine groups is 1. The summed E-state index contributed by atoms with van der Waals surface area (Å²) in [6.07, 6.45) is 0. The predicted molar refractivity (Wildman–Crippen MR) is 74.8 cm³/mol. The van der Waals surface area contributed by atoms with Crippen molar-refractivity contribution >= 4 is 57.4 Å². The monoisotopic (exact) mass is 383 g/mol. The highest BCUT2D eigenvalue weighted by molar-refractivity contribution is 14.1. The molecule has 9 heteroatoms. The number of hydrogen-bond donors (Lipinski definition) is 2. The van der Waals surface area contributed by atoms with Crippen LogP contribution in [0, 0.1) is 13.7 Å². The van der Waals surface area contributed by atoms with Gasteiger partial charge in [0.05, 0.1) is 22.1 Å². The minimum atomic E-state index is -1.32. The molecule has 96 valence electrons. The molecule has 0 atom stereocenters. The summed E-state index contributed by atoms with van der Waals surface area (Å²) < 4.78 is 0.312. The first-order valence-electron chi connectivity index (χ1n) is 4.47. The maximum atomic E-state index is 11.0. The lowest BCUT2D eigenvalue weighted by atomic mass is 10.1. The number of nitro groups is 1. The van der Waals surface area contributed by atoms with E-state index in [1.54, 1.807) is 22.6 Å². The fourth-order valence-electron chi connectivity index (χ4n) is 1.14. The van der Waals surface area contributed by atoms with Crippen LogP contribution in [-0.2, 0) is 0 Å². The van der Waals surface area contributed by atoms with Gasteiger partial charge in [-0.05, 0) is 22.6 Å². The summed E-state index contributed by atoms with van der Waals surface area (Å²) in [4.78, 5) is 24.9. The number of alkyl halides is 1. The van der Waals surface area contributed by atoms with Crippen LogP contribution in [0.2, 0.25) is 0 Å². The molecule has 7 nitrogen and oxygen atoms in total. The third-order valence-corrected chi connectivity index (χ3v) is 2.98. The van der Waals surface area contributed by atoms with E-state index in [1.165, 1.54) is 6.07 Å². The second-order valence-electron chi connectivity index (χ2n) is 3.12. The number of benzene rings is 1. The zero-order valence-electron chi connectivity index (χ0n) is 8.76. The van der Waals surface area contributed by atoms with E-state index in [2.05, 4.69) is 4.99 Å². The average molecular weight is 384 g/mol. The molecule has 0 amide bonds. The van der Waals surface area contributed by atoms with Gasteiger partial charge < -0.3 is 10.8 Å². The van der Waals surface area contributed by atoms with Crippen LogP contribution >= 0.6 is 34.2 Å². The lowest BCUT2D eigenvalue weighted by molar-refractivity contribution is -0.385. The zero-order chi connectivity index (χ0) is 13.9. The Morgan fingerprint density at radius 3 is 2.67 bits per heavy atom. The number of carboxylic acids is 1.